The minimum atomic E-state index is -0.415. The maximum Gasteiger partial charge on any atom is 0.262 e. The van der Waals surface area contributed by atoms with Gasteiger partial charge < -0.3 is 19.9 Å². The van der Waals surface area contributed by atoms with Crippen molar-refractivity contribution >= 4 is 23.1 Å². The van der Waals surface area contributed by atoms with Crippen molar-refractivity contribution in [2.45, 2.75) is 38.9 Å². The summed E-state index contributed by atoms with van der Waals surface area (Å²) < 4.78 is 20.8. The molecule has 0 aromatic heterocycles. The molecule has 2 aromatic rings. The molecule has 0 unspecified atom stereocenters. The van der Waals surface area contributed by atoms with Gasteiger partial charge in [-0.05, 0) is 39.0 Å². The molecule has 0 aliphatic carbocycles. The molecular formula is C23H26FN5O2. The fraction of sp³-hybridized carbons (Fsp3) is 0.391. The largest absolute Gasteiger partial charge is 0.483 e. The van der Waals surface area contributed by atoms with Crippen molar-refractivity contribution in [2.75, 3.05) is 29.5 Å². The zero-order valence-electron chi connectivity index (χ0n) is 17.9. The lowest BCUT2D eigenvalue weighted by Crippen LogP contribution is -2.56. The minimum Gasteiger partial charge on any atom is -0.483 e. The molecule has 0 spiro atoms. The summed E-state index contributed by atoms with van der Waals surface area (Å²) in [6.45, 7) is 8.02. The summed E-state index contributed by atoms with van der Waals surface area (Å²) in [5, 5.41) is 7.68. The van der Waals surface area contributed by atoms with Crippen molar-refractivity contribution in [3.05, 3.63) is 42.2 Å². The Bertz CT molecular complexity index is 1070. The number of nitrogens with one attached hydrogen (secondary N) is 2. The first kappa shape index (κ1) is 19.8. The fourth-order valence-corrected chi connectivity index (χ4v) is 4.55. The zero-order valence-corrected chi connectivity index (χ0v) is 17.9. The van der Waals surface area contributed by atoms with Gasteiger partial charge in [0.2, 0.25) is 0 Å². The number of hydrazone groups is 1. The molecule has 8 heteroatoms. The zero-order chi connectivity index (χ0) is 21.7. The Labute approximate surface area is 180 Å². The number of ether oxygens (including phenoxy) is 1. The number of benzene rings is 2. The molecule has 2 N–H and O–H groups in total. The number of carbonyl (C=O) groups is 1. The third kappa shape index (κ3) is 3.31. The van der Waals surface area contributed by atoms with Crippen LogP contribution in [0.3, 0.4) is 0 Å². The van der Waals surface area contributed by atoms with Crippen molar-refractivity contribution in [3.63, 3.8) is 0 Å². The molecule has 3 heterocycles. The smallest absolute Gasteiger partial charge is 0.262 e. The van der Waals surface area contributed by atoms with Crippen LogP contribution in [0.25, 0.3) is 11.1 Å². The SMILES string of the molecule is C[C@@H]1CN[C@@H](C)CN1c1cc2c(cc1-c1ccccc1F)OCC1=NNC(=O)[C@@H](C)N12. The predicted molar refractivity (Wildman–Crippen MR) is 119 cm³/mol. The Morgan fingerprint density at radius 3 is 2.74 bits per heavy atom. The highest BCUT2D eigenvalue weighted by Crippen LogP contribution is 2.45. The molecule has 0 bridgehead atoms. The number of piperazine rings is 1. The van der Waals surface area contributed by atoms with Gasteiger partial charge in [0.15, 0.2) is 5.84 Å². The number of hydrogen-bond acceptors (Lipinski definition) is 6. The summed E-state index contributed by atoms with van der Waals surface area (Å²) in [7, 11) is 0. The number of nitrogens with zero attached hydrogens (tertiary/aromatic N) is 3. The molecule has 2 aromatic carbocycles. The fourth-order valence-electron chi connectivity index (χ4n) is 4.55. The minimum absolute atomic E-state index is 0.166. The summed E-state index contributed by atoms with van der Waals surface area (Å²) in [6, 6.07) is 10.8. The van der Waals surface area contributed by atoms with E-state index in [1.807, 2.05) is 30.0 Å². The number of hydrogen-bond donors (Lipinski definition) is 2. The van der Waals surface area contributed by atoms with Crippen molar-refractivity contribution < 1.29 is 13.9 Å². The van der Waals surface area contributed by atoms with Gasteiger partial charge in [-0.25, -0.2) is 9.82 Å². The normalized spacial score (nSPS) is 25.2. The van der Waals surface area contributed by atoms with Gasteiger partial charge in [0.25, 0.3) is 5.91 Å². The third-order valence-electron chi connectivity index (χ3n) is 6.27. The molecule has 5 rings (SSSR count). The lowest BCUT2D eigenvalue weighted by Gasteiger charge is -2.42. The van der Waals surface area contributed by atoms with Crippen molar-refractivity contribution in [3.8, 4) is 16.9 Å². The van der Waals surface area contributed by atoms with Crippen LogP contribution in [0.15, 0.2) is 41.5 Å². The molecule has 3 atom stereocenters. The molecule has 31 heavy (non-hydrogen) atoms. The van der Waals surface area contributed by atoms with Crippen LogP contribution in [0, 0.1) is 5.82 Å². The summed E-state index contributed by atoms with van der Waals surface area (Å²) in [5.41, 5.74) is 5.58. The molecule has 1 fully saturated rings. The predicted octanol–water partition coefficient (Wildman–Crippen LogP) is 2.71. The highest BCUT2D eigenvalue weighted by molar-refractivity contribution is 6.10. The molecule has 7 nitrogen and oxygen atoms in total. The number of halogens is 1. The summed E-state index contributed by atoms with van der Waals surface area (Å²) in [5.74, 6) is 0.841. The molecule has 3 aliphatic rings. The first-order valence-corrected chi connectivity index (χ1v) is 10.7. The van der Waals surface area contributed by atoms with E-state index in [9.17, 15) is 9.18 Å². The van der Waals surface area contributed by atoms with Crippen molar-refractivity contribution in [1.29, 1.82) is 0 Å². The standard InChI is InChI=1S/C23H26FN5O2/c1-13-11-28(14(2)10-25-13)19-9-20-21(8-17(19)16-6-4-5-7-18(16)24)31-12-22-26-27-23(30)15(3)29(20)22/h4-9,13-15,25H,10-12H2,1-3H3,(H,27,30)/t13-,14+,15+/m0/s1. The van der Waals surface area contributed by atoms with Gasteiger partial charge in [-0.3, -0.25) is 4.79 Å². The molecule has 0 saturated carbocycles. The summed E-state index contributed by atoms with van der Waals surface area (Å²) >= 11 is 0. The van der Waals surface area contributed by atoms with Gasteiger partial charge in [-0.2, -0.15) is 5.10 Å². The van der Waals surface area contributed by atoms with Gasteiger partial charge >= 0.3 is 0 Å². The first-order valence-electron chi connectivity index (χ1n) is 10.7. The lowest BCUT2D eigenvalue weighted by molar-refractivity contribution is -0.122. The molecule has 3 aliphatic heterocycles. The molecule has 162 valence electrons. The Morgan fingerprint density at radius 1 is 1.13 bits per heavy atom. The van der Waals surface area contributed by atoms with Crippen LogP contribution in [0.4, 0.5) is 15.8 Å². The van der Waals surface area contributed by atoms with E-state index >= 15 is 0 Å². The monoisotopic (exact) mass is 423 g/mol. The number of carbonyl (C=O) groups excluding carboxylic acids is 1. The number of anilines is 2. The quantitative estimate of drug-likeness (QED) is 0.778. The topological polar surface area (TPSA) is 69.2 Å². The summed E-state index contributed by atoms with van der Waals surface area (Å²) in [4.78, 5) is 16.5. The van der Waals surface area contributed by atoms with E-state index in [0.29, 0.717) is 23.2 Å². The van der Waals surface area contributed by atoms with Crippen LogP contribution < -0.4 is 25.3 Å². The highest BCUT2D eigenvalue weighted by atomic mass is 19.1. The average Bonchev–Trinajstić information content (AvgIpc) is 2.77. The van der Waals surface area contributed by atoms with Crippen LogP contribution in [-0.2, 0) is 4.79 Å². The Kier molecular flexibility index (Phi) is 4.81. The third-order valence-corrected chi connectivity index (χ3v) is 6.27. The maximum absolute atomic E-state index is 14.9. The summed E-state index contributed by atoms with van der Waals surface area (Å²) in [6.07, 6.45) is 0. The maximum atomic E-state index is 14.9. The van der Waals surface area contributed by atoms with Crippen molar-refractivity contribution in [1.82, 2.24) is 10.7 Å². The second kappa shape index (κ2) is 7.53. The van der Waals surface area contributed by atoms with E-state index in [1.165, 1.54) is 6.07 Å². The molecular weight excluding hydrogens is 397 g/mol. The van der Waals surface area contributed by atoms with Crippen LogP contribution in [0.5, 0.6) is 5.75 Å². The molecule has 1 saturated heterocycles. The van der Waals surface area contributed by atoms with E-state index in [1.54, 1.807) is 12.1 Å². The van der Waals surface area contributed by atoms with Gasteiger partial charge in [0.05, 0.1) is 5.69 Å². The van der Waals surface area contributed by atoms with Crippen molar-refractivity contribution in [2.24, 2.45) is 5.10 Å². The lowest BCUT2D eigenvalue weighted by atomic mass is 9.97. The second-order valence-corrected chi connectivity index (χ2v) is 8.47. The van der Waals surface area contributed by atoms with Crippen LogP contribution in [0.2, 0.25) is 0 Å². The Balaban J connectivity index is 1.71. The van der Waals surface area contributed by atoms with E-state index in [-0.39, 0.29) is 24.4 Å². The van der Waals surface area contributed by atoms with Gasteiger partial charge in [-0.15, -0.1) is 0 Å². The van der Waals surface area contributed by atoms with Crippen LogP contribution in [-0.4, -0.2) is 49.6 Å². The molecule has 0 radical (unpaired) electrons. The Morgan fingerprint density at radius 2 is 1.94 bits per heavy atom. The van der Waals surface area contributed by atoms with Gasteiger partial charge in [0.1, 0.15) is 24.2 Å². The van der Waals surface area contributed by atoms with Gasteiger partial charge in [0, 0.05) is 42.0 Å². The number of amides is 1. The number of fused-ring (bicyclic) bond motifs is 3. The molecule has 1 amide bonds. The highest BCUT2D eigenvalue weighted by Gasteiger charge is 2.37. The van der Waals surface area contributed by atoms with E-state index < -0.39 is 6.04 Å². The van der Waals surface area contributed by atoms with E-state index in [0.717, 1.165) is 30.0 Å². The van der Waals surface area contributed by atoms with E-state index in [2.05, 4.69) is 34.6 Å². The number of amidine groups is 1. The Hall–Kier alpha value is -3.13. The second-order valence-electron chi connectivity index (χ2n) is 8.47. The number of rotatable bonds is 2. The van der Waals surface area contributed by atoms with Crippen LogP contribution >= 0.6 is 0 Å². The average molecular weight is 423 g/mol. The van der Waals surface area contributed by atoms with Gasteiger partial charge in [-0.1, -0.05) is 18.2 Å². The van der Waals surface area contributed by atoms with E-state index in [4.69, 9.17) is 4.74 Å². The first-order chi connectivity index (χ1) is 14.9. The van der Waals surface area contributed by atoms with Crippen LogP contribution in [0.1, 0.15) is 20.8 Å².